The van der Waals surface area contributed by atoms with E-state index in [2.05, 4.69) is 74.5 Å². The van der Waals surface area contributed by atoms with Crippen molar-refractivity contribution in [2.24, 2.45) is 0 Å². The number of hydrogen-bond acceptors (Lipinski definition) is 0. The molecule has 2 aromatic rings. The Morgan fingerprint density at radius 1 is 0.647 bits per heavy atom. The van der Waals surface area contributed by atoms with Crippen molar-refractivity contribution in [2.45, 2.75) is 13.8 Å². The van der Waals surface area contributed by atoms with Crippen LogP contribution in [-0.4, -0.2) is 12.3 Å². The van der Waals surface area contributed by atoms with Crippen LogP contribution in [0.3, 0.4) is 0 Å². The first kappa shape index (κ1) is 12.3. The van der Waals surface area contributed by atoms with Gasteiger partial charge in [0.2, 0.25) is 0 Å². The highest BCUT2D eigenvalue weighted by Gasteiger charge is 2.27. The Labute approximate surface area is 105 Å². The maximum absolute atomic E-state index is 2.33. The van der Waals surface area contributed by atoms with Crippen LogP contribution in [0.25, 0.3) is 0 Å². The zero-order chi connectivity index (χ0) is 12.1. The Kier molecular flexibility index (Phi) is 3.97. The van der Waals surface area contributed by atoms with Crippen molar-refractivity contribution in [1.82, 2.24) is 0 Å². The highest BCUT2D eigenvalue weighted by Crippen LogP contribution is 2.55. The SMILES string of the molecule is CC[P](CC)(c1ccccc1)c1ccccc1. The summed E-state index contributed by atoms with van der Waals surface area (Å²) in [6.07, 6.45) is 2.50. The summed E-state index contributed by atoms with van der Waals surface area (Å²) in [5.74, 6) is 0. The summed E-state index contributed by atoms with van der Waals surface area (Å²) in [6.45, 7) is 4.66. The smallest absolute Gasteiger partial charge is 0.0239 e. The third-order valence-corrected chi connectivity index (χ3v) is 8.31. The van der Waals surface area contributed by atoms with Crippen molar-refractivity contribution in [3.05, 3.63) is 60.7 Å². The molecule has 0 nitrogen and oxygen atoms in total. The van der Waals surface area contributed by atoms with E-state index in [-0.39, 0.29) is 0 Å². The van der Waals surface area contributed by atoms with Gasteiger partial charge in [0.15, 0.2) is 0 Å². The summed E-state index contributed by atoms with van der Waals surface area (Å²) in [4.78, 5) is 0. The molecular formula is C16H20P. The van der Waals surface area contributed by atoms with E-state index < -0.39 is 7.26 Å². The van der Waals surface area contributed by atoms with Crippen molar-refractivity contribution in [3.63, 3.8) is 0 Å². The highest BCUT2D eigenvalue weighted by molar-refractivity contribution is 7.89. The summed E-state index contributed by atoms with van der Waals surface area (Å²) < 4.78 is 0. The maximum Gasteiger partial charge on any atom is -0.0239 e. The van der Waals surface area contributed by atoms with Gasteiger partial charge in [-0.25, -0.2) is 0 Å². The van der Waals surface area contributed by atoms with E-state index in [0.717, 1.165) is 0 Å². The van der Waals surface area contributed by atoms with Crippen molar-refractivity contribution >= 4 is 17.9 Å². The summed E-state index contributed by atoms with van der Waals surface area (Å²) in [6, 6.07) is 22.1. The molecule has 0 saturated carbocycles. The van der Waals surface area contributed by atoms with Gasteiger partial charge in [-0.15, -0.1) is 0 Å². The van der Waals surface area contributed by atoms with Gasteiger partial charge < -0.3 is 0 Å². The third kappa shape index (κ3) is 2.28. The van der Waals surface area contributed by atoms with Gasteiger partial charge in [-0.05, 0) is 22.9 Å². The monoisotopic (exact) mass is 243 g/mol. The Bertz CT molecular complexity index is 402. The molecule has 0 heterocycles. The van der Waals surface area contributed by atoms with Gasteiger partial charge >= 0.3 is 0 Å². The fraction of sp³-hybridized carbons (Fsp3) is 0.250. The average Bonchev–Trinajstić information content (AvgIpc) is 2.43. The molecule has 0 fully saturated rings. The summed E-state index contributed by atoms with van der Waals surface area (Å²) in [7, 11) is -1.16. The molecular weight excluding hydrogens is 223 g/mol. The lowest BCUT2D eigenvalue weighted by atomic mass is 10.4. The molecule has 0 aromatic heterocycles. The molecule has 17 heavy (non-hydrogen) atoms. The third-order valence-electron chi connectivity index (χ3n) is 3.58. The lowest BCUT2D eigenvalue weighted by Gasteiger charge is -2.35. The molecule has 0 amide bonds. The number of hydrogen-bond donors (Lipinski definition) is 0. The Morgan fingerprint density at radius 2 is 1.00 bits per heavy atom. The van der Waals surface area contributed by atoms with Gasteiger partial charge in [-0.1, -0.05) is 81.8 Å². The summed E-state index contributed by atoms with van der Waals surface area (Å²) in [5, 5.41) is 3.08. The van der Waals surface area contributed by atoms with Crippen LogP contribution < -0.4 is 10.6 Å². The van der Waals surface area contributed by atoms with Crippen LogP contribution in [-0.2, 0) is 0 Å². The fourth-order valence-electron chi connectivity index (χ4n) is 2.53. The standard InChI is InChI=1S/C16H20P/c1-3-17(4-2,15-11-7-5-8-12-15)16-13-9-6-10-14-16/h5-14H,3-4H2,1-2H3. The molecule has 1 heteroatoms. The first-order valence-electron chi connectivity index (χ1n) is 6.32. The second kappa shape index (κ2) is 5.47. The van der Waals surface area contributed by atoms with Crippen molar-refractivity contribution in [3.8, 4) is 0 Å². The van der Waals surface area contributed by atoms with E-state index in [1.807, 2.05) is 0 Å². The van der Waals surface area contributed by atoms with E-state index in [1.165, 1.54) is 22.9 Å². The van der Waals surface area contributed by atoms with Gasteiger partial charge in [-0.3, -0.25) is 0 Å². The van der Waals surface area contributed by atoms with Crippen LogP contribution in [0.2, 0.25) is 0 Å². The van der Waals surface area contributed by atoms with Gasteiger partial charge in [0.1, 0.15) is 0 Å². The lowest BCUT2D eigenvalue weighted by Crippen LogP contribution is -2.25. The minimum atomic E-state index is -1.16. The molecule has 1 radical (unpaired) electrons. The molecule has 0 bridgehead atoms. The van der Waals surface area contributed by atoms with Crippen LogP contribution >= 0.6 is 7.26 Å². The highest BCUT2D eigenvalue weighted by atomic mass is 31.2. The minimum absolute atomic E-state index is 1.16. The molecule has 2 rings (SSSR count). The molecule has 89 valence electrons. The maximum atomic E-state index is 2.33. The predicted octanol–water partition coefficient (Wildman–Crippen LogP) is 3.69. The van der Waals surface area contributed by atoms with Crippen LogP contribution in [0, 0.1) is 0 Å². The molecule has 0 N–H and O–H groups in total. The first-order chi connectivity index (χ1) is 8.33. The fourth-order valence-corrected chi connectivity index (χ4v) is 6.22. The number of benzene rings is 2. The van der Waals surface area contributed by atoms with E-state index in [9.17, 15) is 0 Å². The topological polar surface area (TPSA) is 0 Å². The van der Waals surface area contributed by atoms with Crippen molar-refractivity contribution in [2.75, 3.05) is 12.3 Å². The molecule has 0 spiro atoms. The van der Waals surface area contributed by atoms with Crippen LogP contribution in [0.4, 0.5) is 0 Å². The van der Waals surface area contributed by atoms with E-state index >= 15 is 0 Å². The molecule has 0 atom stereocenters. The molecule has 2 aromatic carbocycles. The van der Waals surface area contributed by atoms with E-state index in [0.29, 0.717) is 0 Å². The quantitative estimate of drug-likeness (QED) is 0.718. The van der Waals surface area contributed by atoms with Crippen molar-refractivity contribution < 1.29 is 0 Å². The number of rotatable bonds is 4. The van der Waals surface area contributed by atoms with Gasteiger partial charge in [0.05, 0.1) is 0 Å². The Hall–Kier alpha value is -1.13. The van der Waals surface area contributed by atoms with Crippen LogP contribution in [0.5, 0.6) is 0 Å². The predicted molar refractivity (Wildman–Crippen MR) is 80.2 cm³/mol. The molecule has 0 aliphatic rings. The van der Waals surface area contributed by atoms with Crippen LogP contribution in [0.15, 0.2) is 60.7 Å². The molecule has 0 unspecified atom stereocenters. The van der Waals surface area contributed by atoms with Crippen LogP contribution in [0.1, 0.15) is 13.8 Å². The summed E-state index contributed by atoms with van der Waals surface area (Å²) in [5.41, 5.74) is 0. The Balaban J connectivity index is 2.54. The zero-order valence-corrected chi connectivity index (χ0v) is 11.5. The minimum Gasteiger partial charge on any atom is -0.0705 e. The summed E-state index contributed by atoms with van der Waals surface area (Å²) >= 11 is 0. The second-order valence-electron chi connectivity index (χ2n) is 4.27. The lowest BCUT2D eigenvalue weighted by molar-refractivity contribution is 1.39. The second-order valence-corrected chi connectivity index (χ2v) is 8.50. The normalized spacial score (nSPS) is 11.4. The molecule has 0 aliphatic carbocycles. The molecule has 0 aliphatic heterocycles. The average molecular weight is 243 g/mol. The van der Waals surface area contributed by atoms with Gasteiger partial charge in [0, 0.05) is 0 Å². The Morgan fingerprint density at radius 3 is 1.29 bits per heavy atom. The largest absolute Gasteiger partial charge is 0.0705 e. The zero-order valence-electron chi connectivity index (χ0n) is 10.6. The van der Waals surface area contributed by atoms with E-state index in [4.69, 9.17) is 0 Å². The van der Waals surface area contributed by atoms with Crippen molar-refractivity contribution in [1.29, 1.82) is 0 Å². The molecule has 0 saturated heterocycles. The first-order valence-corrected chi connectivity index (χ1v) is 8.47. The van der Waals surface area contributed by atoms with Gasteiger partial charge in [-0.2, -0.15) is 0 Å². The van der Waals surface area contributed by atoms with E-state index in [1.54, 1.807) is 0 Å². The van der Waals surface area contributed by atoms with Gasteiger partial charge in [0.25, 0.3) is 0 Å².